The van der Waals surface area contributed by atoms with Gasteiger partial charge < -0.3 is 4.98 Å². The number of aryl methyl sites for hydroxylation is 1. The molecule has 1 saturated heterocycles. The lowest BCUT2D eigenvalue weighted by atomic mass is 9.89. The maximum absolute atomic E-state index is 13.6. The Morgan fingerprint density at radius 2 is 1.63 bits per heavy atom. The molecular weight excluding hydrogens is 472 g/mol. The number of para-hydroxylation sites is 1. The molecule has 0 radical (unpaired) electrons. The smallest absolute Gasteiger partial charge is 0.253 e. The molecule has 7 nitrogen and oxygen atoms in total. The van der Waals surface area contributed by atoms with E-state index in [-0.39, 0.29) is 11.6 Å². The van der Waals surface area contributed by atoms with Crippen LogP contribution in [0.4, 0.5) is 0 Å². The minimum Gasteiger partial charge on any atom is -0.321 e. The van der Waals surface area contributed by atoms with Crippen molar-refractivity contribution >= 4 is 10.9 Å². The predicted octanol–water partition coefficient (Wildman–Crippen LogP) is 4.92. The van der Waals surface area contributed by atoms with Crippen LogP contribution in [0.2, 0.25) is 0 Å². The molecule has 6 rings (SSSR count). The van der Waals surface area contributed by atoms with Crippen molar-refractivity contribution in [3.05, 3.63) is 123 Å². The molecule has 0 aliphatic carbocycles. The summed E-state index contributed by atoms with van der Waals surface area (Å²) in [6.07, 6.45) is 3.22. The number of aromatic nitrogens is 5. The molecule has 1 aliphatic heterocycles. The number of nitrogens with one attached hydrogen (secondary N) is 1. The standard InChI is InChI=1S/C31H32N6O/c1-22-9-8-14-26-20-27(31(38)32-28(22)26)29(30-33-34-35-37(30)21-25-12-6-3-7-13-25)36-17-15-24(16-18-36)19-23-10-4-2-5-11-23/h2-14,20,24,29H,15-19,21H2,1H3,(H,32,38). The molecular formula is C31H32N6O. The second-order valence-corrected chi connectivity index (χ2v) is 10.3. The van der Waals surface area contributed by atoms with Gasteiger partial charge in [-0.3, -0.25) is 9.69 Å². The lowest BCUT2D eigenvalue weighted by Gasteiger charge is -2.37. The van der Waals surface area contributed by atoms with Crippen molar-refractivity contribution in [2.75, 3.05) is 13.1 Å². The number of piperidine rings is 1. The SMILES string of the molecule is Cc1cccc2cc(C(c3nnnn3Cc3ccccc3)N3CCC(Cc4ccccc4)CC3)c(=O)[nH]c12. The summed E-state index contributed by atoms with van der Waals surface area (Å²) in [6.45, 7) is 4.33. The van der Waals surface area contributed by atoms with Crippen LogP contribution in [-0.2, 0) is 13.0 Å². The number of fused-ring (bicyclic) bond motifs is 1. The van der Waals surface area contributed by atoms with E-state index in [0.717, 1.165) is 54.4 Å². The average Bonchev–Trinajstić information content (AvgIpc) is 3.39. The van der Waals surface area contributed by atoms with Crippen LogP contribution in [0.25, 0.3) is 10.9 Å². The third kappa shape index (κ3) is 5.02. The topological polar surface area (TPSA) is 79.7 Å². The van der Waals surface area contributed by atoms with Gasteiger partial charge in [0.1, 0.15) is 6.04 Å². The van der Waals surface area contributed by atoms with Gasteiger partial charge in [0.2, 0.25) is 0 Å². The Bertz CT molecular complexity index is 1570. The minimum atomic E-state index is -0.333. The Balaban J connectivity index is 1.35. The van der Waals surface area contributed by atoms with E-state index in [1.54, 1.807) is 0 Å². The van der Waals surface area contributed by atoms with E-state index >= 15 is 0 Å². The van der Waals surface area contributed by atoms with Gasteiger partial charge in [-0.25, -0.2) is 4.68 Å². The summed E-state index contributed by atoms with van der Waals surface area (Å²) in [5.41, 5.74) is 5.04. The van der Waals surface area contributed by atoms with Gasteiger partial charge in [-0.05, 0) is 83.8 Å². The first-order chi connectivity index (χ1) is 18.7. The Hall–Kier alpha value is -4.10. The van der Waals surface area contributed by atoms with E-state index in [1.807, 2.05) is 48.0 Å². The fourth-order valence-corrected chi connectivity index (χ4v) is 5.74. The highest BCUT2D eigenvalue weighted by Crippen LogP contribution is 2.32. The van der Waals surface area contributed by atoms with Crippen LogP contribution >= 0.6 is 0 Å². The number of pyridine rings is 1. The number of hydrogen-bond acceptors (Lipinski definition) is 5. The normalized spacial score (nSPS) is 15.6. The van der Waals surface area contributed by atoms with E-state index < -0.39 is 0 Å². The van der Waals surface area contributed by atoms with Gasteiger partial charge in [0, 0.05) is 5.56 Å². The number of rotatable bonds is 7. The Kier molecular flexibility index (Phi) is 6.84. The fraction of sp³-hybridized carbons (Fsp3) is 0.290. The molecule has 1 fully saturated rings. The highest BCUT2D eigenvalue weighted by atomic mass is 16.1. The third-order valence-corrected chi connectivity index (χ3v) is 7.77. The molecule has 3 aromatic carbocycles. The molecule has 0 spiro atoms. The molecule has 0 amide bonds. The van der Waals surface area contributed by atoms with Crippen LogP contribution in [0, 0.1) is 12.8 Å². The van der Waals surface area contributed by atoms with E-state index in [4.69, 9.17) is 0 Å². The average molecular weight is 505 g/mol. The molecule has 7 heteroatoms. The Morgan fingerprint density at radius 1 is 0.921 bits per heavy atom. The number of tetrazole rings is 1. The molecule has 0 saturated carbocycles. The minimum absolute atomic E-state index is 0.0857. The number of aromatic amines is 1. The van der Waals surface area contributed by atoms with Crippen LogP contribution in [-0.4, -0.2) is 43.2 Å². The van der Waals surface area contributed by atoms with Crippen LogP contribution in [0.3, 0.4) is 0 Å². The monoisotopic (exact) mass is 504 g/mol. The lowest BCUT2D eigenvalue weighted by molar-refractivity contribution is 0.143. The number of benzene rings is 3. The van der Waals surface area contributed by atoms with Crippen molar-refractivity contribution in [3.8, 4) is 0 Å². The van der Waals surface area contributed by atoms with E-state index in [2.05, 4.69) is 73.9 Å². The first-order valence-corrected chi connectivity index (χ1v) is 13.4. The van der Waals surface area contributed by atoms with Crippen LogP contribution < -0.4 is 5.56 Å². The quantitative estimate of drug-likeness (QED) is 0.341. The molecule has 1 N–H and O–H groups in total. The summed E-state index contributed by atoms with van der Waals surface area (Å²) in [6, 6.07) is 28.7. The van der Waals surface area contributed by atoms with Crippen molar-refractivity contribution < 1.29 is 0 Å². The zero-order valence-electron chi connectivity index (χ0n) is 21.6. The molecule has 3 heterocycles. The maximum Gasteiger partial charge on any atom is 0.253 e. The van der Waals surface area contributed by atoms with Gasteiger partial charge in [-0.1, -0.05) is 78.9 Å². The lowest BCUT2D eigenvalue weighted by Crippen LogP contribution is -2.41. The zero-order valence-corrected chi connectivity index (χ0v) is 21.6. The zero-order chi connectivity index (χ0) is 25.9. The van der Waals surface area contributed by atoms with E-state index in [1.165, 1.54) is 5.56 Å². The van der Waals surface area contributed by atoms with Crippen molar-refractivity contribution in [3.63, 3.8) is 0 Å². The van der Waals surface area contributed by atoms with Crippen molar-refractivity contribution in [2.45, 2.75) is 38.8 Å². The summed E-state index contributed by atoms with van der Waals surface area (Å²) < 4.78 is 1.84. The van der Waals surface area contributed by atoms with Gasteiger partial charge in [0.15, 0.2) is 5.82 Å². The van der Waals surface area contributed by atoms with Gasteiger partial charge >= 0.3 is 0 Å². The second-order valence-electron chi connectivity index (χ2n) is 10.3. The third-order valence-electron chi connectivity index (χ3n) is 7.77. The summed E-state index contributed by atoms with van der Waals surface area (Å²) >= 11 is 0. The molecule has 1 atom stereocenters. The van der Waals surface area contributed by atoms with Crippen LogP contribution in [0.1, 0.15) is 47.0 Å². The highest BCUT2D eigenvalue weighted by molar-refractivity contribution is 5.82. The summed E-state index contributed by atoms with van der Waals surface area (Å²) in [7, 11) is 0. The molecule has 2 aromatic heterocycles. The molecule has 1 unspecified atom stereocenters. The predicted molar refractivity (Wildman–Crippen MR) is 149 cm³/mol. The Morgan fingerprint density at radius 3 is 2.37 bits per heavy atom. The second kappa shape index (κ2) is 10.7. The summed E-state index contributed by atoms with van der Waals surface area (Å²) in [4.78, 5) is 19.1. The molecule has 5 aromatic rings. The van der Waals surface area contributed by atoms with Gasteiger partial charge in [-0.15, -0.1) is 5.10 Å². The van der Waals surface area contributed by atoms with E-state index in [0.29, 0.717) is 23.9 Å². The molecule has 0 bridgehead atoms. The van der Waals surface area contributed by atoms with Crippen LogP contribution in [0.5, 0.6) is 0 Å². The van der Waals surface area contributed by atoms with Crippen molar-refractivity contribution in [1.82, 2.24) is 30.1 Å². The van der Waals surface area contributed by atoms with E-state index in [9.17, 15) is 4.79 Å². The molecule has 38 heavy (non-hydrogen) atoms. The summed E-state index contributed by atoms with van der Waals surface area (Å²) in [5.74, 6) is 1.32. The largest absolute Gasteiger partial charge is 0.321 e. The Labute approximate surface area is 222 Å². The maximum atomic E-state index is 13.6. The number of hydrogen-bond donors (Lipinski definition) is 1. The van der Waals surface area contributed by atoms with Crippen molar-refractivity contribution in [2.24, 2.45) is 5.92 Å². The first-order valence-electron chi connectivity index (χ1n) is 13.4. The molecule has 192 valence electrons. The number of H-pyrrole nitrogens is 1. The molecule has 1 aliphatic rings. The van der Waals surface area contributed by atoms with Crippen molar-refractivity contribution in [1.29, 1.82) is 0 Å². The number of likely N-dealkylation sites (tertiary alicyclic amines) is 1. The van der Waals surface area contributed by atoms with Gasteiger partial charge in [0.25, 0.3) is 5.56 Å². The highest BCUT2D eigenvalue weighted by Gasteiger charge is 2.33. The fourth-order valence-electron chi connectivity index (χ4n) is 5.74. The number of nitrogens with zero attached hydrogens (tertiary/aromatic N) is 5. The first kappa shape index (κ1) is 24.2. The van der Waals surface area contributed by atoms with Gasteiger partial charge in [0.05, 0.1) is 12.1 Å². The summed E-state index contributed by atoms with van der Waals surface area (Å²) in [5, 5.41) is 13.9. The van der Waals surface area contributed by atoms with Crippen LogP contribution in [0.15, 0.2) is 89.7 Å². The van der Waals surface area contributed by atoms with Gasteiger partial charge in [-0.2, -0.15) is 0 Å².